The van der Waals surface area contributed by atoms with Gasteiger partial charge in [0.15, 0.2) is 0 Å². The summed E-state index contributed by atoms with van der Waals surface area (Å²) in [4.78, 5) is 0. The highest BCUT2D eigenvalue weighted by Gasteiger charge is 2.16. The molecule has 5 heteroatoms. The second kappa shape index (κ2) is 5.43. The molecule has 2 rings (SSSR count). The van der Waals surface area contributed by atoms with Crippen LogP contribution in [-0.2, 0) is 29.7 Å². The van der Waals surface area contributed by atoms with Crippen LogP contribution >= 0.6 is 0 Å². The molecular weight excluding hydrogens is 206 g/mol. The maximum Gasteiger partial charge on any atom is 0.0889 e. The predicted octanol–water partition coefficient (Wildman–Crippen LogP) is 0.574. The second-order valence-electron chi connectivity index (χ2n) is 4.09. The van der Waals surface area contributed by atoms with Crippen LogP contribution in [-0.4, -0.2) is 29.1 Å². The van der Waals surface area contributed by atoms with Crippen LogP contribution in [0.3, 0.4) is 0 Å². The maximum atomic E-state index is 5.64. The van der Waals surface area contributed by atoms with E-state index in [0.717, 1.165) is 30.7 Å². The largest absolute Gasteiger partial charge is 0.376 e. The number of hydrogen-bond acceptors (Lipinski definition) is 4. The van der Waals surface area contributed by atoms with Gasteiger partial charge in [-0.1, -0.05) is 0 Å². The van der Waals surface area contributed by atoms with Crippen molar-refractivity contribution in [1.82, 2.24) is 9.78 Å². The fourth-order valence-corrected chi connectivity index (χ4v) is 1.93. The molecule has 1 aliphatic rings. The highest BCUT2D eigenvalue weighted by atomic mass is 16.5. The molecule has 2 heterocycles. The topological polar surface area (TPSA) is 62.3 Å². The Hall–Kier alpha value is -0.910. The van der Waals surface area contributed by atoms with Crippen LogP contribution in [0.1, 0.15) is 24.1 Å². The minimum atomic E-state index is 0.273. The van der Waals surface area contributed by atoms with Crippen LogP contribution < -0.4 is 5.73 Å². The second-order valence-corrected chi connectivity index (χ2v) is 4.09. The predicted molar refractivity (Wildman–Crippen MR) is 59.7 cm³/mol. The summed E-state index contributed by atoms with van der Waals surface area (Å²) in [6.07, 6.45) is 4.32. The summed E-state index contributed by atoms with van der Waals surface area (Å²) in [6, 6.07) is 0. The summed E-state index contributed by atoms with van der Waals surface area (Å²) in [7, 11) is 1.91. The van der Waals surface area contributed by atoms with Crippen molar-refractivity contribution in [2.75, 3.05) is 13.2 Å². The van der Waals surface area contributed by atoms with Crippen LogP contribution in [0, 0.1) is 0 Å². The number of aromatic nitrogens is 2. The molecule has 1 aliphatic heterocycles. The van der Waals surface area contributed by atoms with Gasteiger partial charge in [-0.2, -0.15) is 5.10 Å². The lowest BCUT2D eigenvalue weighted by molar-refractivity contribution is 0.00864. The van der Waals surface area contributed by atoms with Gasteiger partial charge in [-0.25, -0.2) is 0 Å². The van der Waals surface area contributed by atoms with E-state index in [1.54, 1.807) is 6.20 Å². The molecule has 2 N–H and O–H groups in total. The molecule has 90 valence electrons. The maximum absolute atomic E-state index is 5.64. The van der Waals surface area contributed by atoms with Crippen LogP contribution in [0.5, 0.6) is 0 Å². The summed E-state index contributed by atoms with van der Waals surface area (Å²) >= 11 is 0. The van der Waals surface area contributed by atoms with Gasteiger partial charge in [-0.05, 0) is 12.8 Å². The van der Waals surface area contributed by atoms with E-state index in [1.807, 2.05) is 11.7 Å². The van der Waals surface area contributed by atoms with Crippen molar-refractivity contribution in [3.8, 4) is 0 Å². The van der Waals surface area contributed by atoms with Crippen LogP contribution in [0.2, 0.25) is 0 Å². The third-order valence-corrected chi connectivity index (χ3v) is 2.93. The van der Waals surface area contributed by atoms with E-state index in [0.29, 0.717) is 19.8 Å². The first-order valence-corrected chi connectivity index (χ1v) is 5.70. The third-order valence-electron chi connectivity index (χ3n) is 2.93. The zero-order valence-corrected chi connectivity index (χ0v) is 9.69. The van der Waals surface area contributed by atoms with Crippen molar-refractivity contribution in [3.63, 3.8) is 0 Å². The Bertz CT molecular complexity index is 332. The van der Waals surface area contributed by atoms with E-state index >= 15 is 0 Å². The fourth-order valence-electron chi connectivity index (χ4n) is 1.93. The summed E-state index contributed by atoms with van der Waals surface area (Å²) in [5.41, 5.74) is 7.73. The van der Waals surface area contributed by atoms with Crippen LogP contribution in [0.25, 0.3) is 0 Å². The van der Waals surface area contributed by atoms with Gasteiger partial charge < -0.3 is 15.2 Å². The Kier molecular flexibility index (Phi) is 3.93. The van der Waals surface area contributed by atoms with Gasteiger partial charge in [0, 0.05) is 25.8 Å². The lowest BCUT2D eigenvalue weighted by Gasteiger charge is -2.11. The van der Waals surface area contributed by atoms with Gasteiger partial charge in [0.25, 0.3) is 0 Å². The molecular formula is C11H19N3O2. The van der Waals surface area contributed by atoms with Gasteiger partial charge in [-0.15, -0.1) is 0 Å². The first-order chi connectivity index (χ1) is 7.81. The van der Waals surface area contributed by atoms with E-state index in [1.165, 1.54) is 0 Å². The number of nitrogens with two attached hydrogens (primary N) is 1. The molecule has 1 unspecified atom stereocenters. The summed E-state index contributed by atoms with van der Waals surface area (Å²) in [6.45, 7) is 2.60. The normalized spacial score (nSPS) is 20.5. The molecule has 1 aromatic rings. The van der Waals surface area contributed by atoms with Crippen molar-refractivity contribution < 1.29 is 9.47 Å². The van der Waals surface area contributed by atoms with Crippen LogP contribution in [0.4, 0.5) is 0 Å². The van der Waals surface area contributed by atoms with E-state index in [2.05, 4.69) is 5.10 Å². The van der Waals surface area contributed by atoms with E-state index in [-0.39, 0.29) is 6.10 Å². The summed E-state index contributed by atoms with van der Waals surface area (Å²) in [5.74, 6) is 0. The Labute approximate surface area is 95.5 Å². The molecule has 0 bridgehead atoms. The SMILES string of the molecule is Cn1ncc(CN)c1COCC1CCCO1. The van der Waals surface area contributed by atoms with Gasteiger partial charge in [0.1, 0.15) is 0 Å². The molecule has 1 fully saturated rings. The number of ether oxygens (including phenoxy) is 2. The van der Waals surface area contributed by atoms with Crippen molar-refractivity contribution in [1.29, 1.82) is 0 Å². The molecule has 0 aromatic carbocycles. The lowest BCUT2D eigenvalue weighted by atomic mass is 10.2. The van der Waals surface area contributed by atoms with E-state index < -0.39 is 0 Å². The lowest BCUT2D eigenvalue weighted by Crippen LogP contribution is -2.15. The zero-order chi connectivity index (χ0) is 11.4. The molecule has 1 aromatic heterocycles. The van der Waals surface area contributed by atoms with Gasteiger partial charge in [-0.3, -0.25) is 4.68 Å². The van der Waals surface area contributed by atoms with Crippen LogP contribution in [0.15, 0.2) is 6.20 Å². The zero-order valence-electron chi connectivity index (χ0n) is 9.69. The molecule has 5 nitrogen and oxygen atoms in total. The Balaban J connectivity index is 1.81. The van der Waals surface area contributed by atoms with Gasteiger partial charge in [0.2, 0.25) is 0 Å². The molecule has 1 saturated heterocycles. The van der Waals surface area contributed by atoms with Crippen molar-refractivity contribution in [2.24, 2.45) is 12.8 Å². The highest BCUT2D eigenvalue weighted by Crippen LogP contribution is 2.14. The van der Waals surface area contributed by atoms with Crippen molar-refractivity contribution in [2.45, 2.75) is 32.1 Å². The highest BCUT2D eigenvalue weighted by molar-refractivity contribution is 5.16. The Morgan fingerprint density at radius 1 is 1.69 bits per heavy atom. The molecule has 16 heavy (non-hydrogen) atoms. The first-order valence-electron chi connectivity index (χ1n) is 5.70. The van der Waals surface area contributed by atoms with Gasteiger partial charge in [0.05, 0.1) is 31.2 Å². The van der Waals surface area contributed by atoms with Crippen molar-refractivity contribution in [3.05, 3.63) is 17.5 Å². The average molecular weight is 225 g/mol. The standard InChI is InChI=1S/C11H19N3O2/c1-14-11(9(5-12)6-13-14)8-15-7-10-3-2-4-16-10/h6,10H,2-5,7-8,12H2,1H3. The summed E-state index contributed by atoms with van der Waals surface area (Å²) < 4.78 is 12.9. The molecule has 0 aliphatic carbocycles. The monoisotopic (exact) mass is 225 g/mol. The number of aryl methyl sites for hydroxylation is 1. The minimum Gasteiger partial charge on any atom is -0.376 e. The smallest absolute Gasteiger partial charge is 0.0889 e. The van der Waals surface area contributed by atoms with E-state index in [9.17, 15) is 0 Å². The number of hydrogen-bond donors (Lipinski definition) is 1. The molecule has 0 amide bonds. The summed E-state index contributed by atoms with van der Waals surface area (Å²) in [5, 5.41) is 4.16. The van der Waals surface area contributed by atoms with Crippen molar-refractivity contribution >= 4 is 0 Å². The number of rotatable bonds is 5. The first kappa shape index (κ1) is 11.6. The molecule has 0 spiro atoms. The fraction of sp³-hybridized carbons (Fsp3) is 0.727. The third kappa shape index (κ3) is 2.61. The molecule has 0 saturated carbocycles. The van der Waals surface area contributed by atoms with Gasteiger partial charge >= 0.3 is 0 Å². The van der Waals surface area contributed by atoms with E-state index in [4.69, 9.17) is 15.2 Å². The Morgan fingerprint density at radius 3 is 3.25 bits per heavy atom. The number of nitrogens with zero attached hydrogens (tertiary/aromatic N) is 2. The molecule has 1 atom stereocenters. The Morgan fingerprint density at radius 2 is 2.56 bits per heavy atom. The minimum absolute atomic E-state index is 0.273. The average Bonchev–Trinajstić information content (AvgIpc) is 2.90. The molecule has 0 radical (unpaired) electrons. The quantitative estimate of drug-likeness (QED) is 0.796.